The number of amides is 1. The van der Waals surface area contributed by atoms with E-state index in [0.29, 0.717) is 12.3 Å². The van der Waals surface area contributed by atoms with Crippen LogP contribution < -0.4 is 9.80 Å². The number of nitrogens with zero attached hydrogens (tertiary/aromatic N) is 2. The summed E-state index contributed by atoms with van der Waals surface area (Å²) in [6.07, 6.45) is 5.25. The minimum absolute atomic E-state index is 0.0940. The van der Waals surface area contributed by atoms with Gasteiger partial charge in [-0.3, -0.25) is 4.79 Å². The molecule has 2 aliphatic heterocycles. The molecule has 2 aromatic rings. The fourth-order valence-electron chi connectivity index (χ4n) is 4.74. The van der Waals surface area contributed by atoms with Crippen LogP contribution in [-0.2, 0) is 4.79 Å². The van der Waals surface area contributed by atoms with Gasteiger partial charge < -0.3 is 14.9 Å². The van der Waals surface area contributed by atoms with E-state index in [4.69, 9.17) is 0 Å². The molecule has 144 valence electrons. The molecule has 28 heavy (non-hydrogen) atoms. The second-order valence-electron chi connectivity index (χ2n) is 8.03. The van der Waals surface area contributed by atoms with Gasteiger partial charge in [0.2, 0.25) is 5.91 Å². The number of likely N-dealkylation sites (N-methyl/N-ethyl adjacent to an activating group) is 1. The zero-order chi connectivity index (χ0) is 19.3. The largest absolute Gasteiger partial charge is 0.370 e. The molecule has 2 heterocycles. The summed E-state index contributed by atoms with van der Waals surface area (Å²) in [5, 5.41) is 10.6. The Kier molecular flexibility index (Phi) is 4.24. The number of benzene rings is 2. The van der Waals surface area contributed by atoms with E-state index in [0.717, 1.165) is 24.3 Å². The van der Waals surface area contributed by atoms with Crippen molar-refractivity contribution in [1.29, 1.82) is 0 Å². The molecule has 1 saturated carbocycles. The van der Waals surface area contributed by atoms with E-state index in [9.17, 15) is 9.90 Å². The highest BCUT2D eigenvalue weighted by Crippen LogP contribution is 2.49. The van der Waals surface area contributed by atoms with Crippen molar-refractivity contribution in [2.75, 3.05) is 16.3 Å². The number of fused-ring (bicyclic) bond motifs is 1. The number of carbonyl (C=O) groups excluding carboxylic acids is 1. The average molecular weight is 374 g/mol. The second-order valence-corrected chi connectivity index (χ2v) is 8.03. The Labute approximate surface area is 166 Å². The van der Waals surface area contributed by atoms with Crippen LogP contribution in [-0.4, -0.2) is 23.8 Å². The van der Waals surface area contributed by atoms with Crippen LogP contribution >= 0.6 is 0 Å². The van der Waals surface area contributed by atoms with Crippen LogP contribution in [0.4, 0.5) is 11.4 Å². The molecule has 2 aromatic carbocycles. The molecule has 0 radical (unpaired) electrons. The first-order chi connectivity index (χ1) is 13.7. The lowest BCUT2D eigenvalue weighted by atomic mass is 9.93. The Morgan fingerprint density at radius 3 is 2.57 bits per heavy atom. The molecule has 1 aliphatic carbocycles. The van der Waals surface area contributed by atoms with Gasteiger partial charge >= 0.3 is 0 Å². The lowest BCUT2D eigenvalue weighted by Crippen LogP contribution is -2.37. The summed E-state index contributed by atoms with van der Waals surface area (Å²) in [4.78, 5) is 16.8. The van der Waals surface area contributed by atoms with Crippen molar-refractivity contribution in [1.82, 2.24) is 0 Å². The van der Waals surface area contributed by atoms with Gasteiger partial charge in [0, 0.05) is 29.9 Å². The van der Waals surface area contributed by atoms with Gasteiger partial charge in [0.15, 0.2) is 0 Å². The minimum Gasteiger partial charge on any atom is -0.370 e. The summed E-state index contributed by atoms with van der Waals surface area (Å²) < 4.78 is 0. The van der Waals surface area contributed by atoms with Gasteiger partial charge in [0.1, 0.15) is 6.23 Å². The summed E-state index contributed by atoms with van der Waals surface area (Å²) in [6.45, 7) is 2.81. The number of aliphatic hydroxyl groups excluding tert-OH is 1. The average Bonchev–Trinajstić information content (AvgIpc) is 3.49. The van der Waals surface area contributed by atoms with Crippen molar-refractivity contribution >= 4 is 22.9 Å². The zero-order valence-corrected chi connectivity index (χ0v) is 16.2. The molecule has 0 aromatic heterocycles. The lowest BCUT2D eigenvalue weighted by Gasteiger charge is -2.35. The molecule has 0 bridgehead atoms. The van der Waals surface area contributed by atoms with Crippen molar-refractivity contribution in [2.24, 2.45) is 5.92 Å². The van der Waals surface area contributed by atoms with E-state index in [-0.39, 0.29) is 11.9 Å². The molecule has 1 N–H and O–H groups in total. The maximum atomic E-state index is 12.8. The minimum atomic E-state index is -0.565. The first-order valence-corrected chi connectivity index (χ1v) is 10.3. The van der Waals surface area contributed by atoms with Gasteiger partial charge in [-0.2, -0.15) is 0 Å². The van der Waals surface area contributed by atoms with Crippen LogP contribution in [0.1, 0.15) is 49.8 Å². The molecule has 4 nitrogen and oxygen atoms in total. The molecule has 0 spiro atoms. The Bertz CT molecular complexity index is 933. The number of hydrogen-bond acceptors (Lipinski definition) is 3. The molecule has 3 aliphatic rings. The predicted octanol–water partition coefficient (Wildman–Crippen LogP) is 4.51. The van der Waals surface area contributed by atoms with Gasteiger partial charge in [0.25, 0.3) is 0 Å². The van der Waals surface area contributed by atoms with Crippen molar-refractivity contribution < 1.29 is 9.90 Å². The van der Waals surface area contributed by atoms with Gasteiger partial charge in [-0.05, 0) is 67.5 Å². The highest BCUT2D eigenvalue weighted by atomic mass is 16.3. The molecular formula is C24H26N2O2. The van der Waals surface area contributed by atoms with E-state index in [1.165, 1.54) is 29.5 Å². The fourth-order valence-corrected chi connectivity index (χ4v) is 4.74. The number of hydrogen-bond donors (Lipinski definition) is 1. The maximum Gasteiger partial charge on any atom is 0.227 e. The molecule has 1 amide bonds. The smallest absolute Gasteiger partial charge is 0.227 e. The summed E-state index contributed by atoms with van der Waals surface area (Å²) >= 11 is 0. The van der Waals surface area contributed by atoms with E-state index < -0.39 is 6.23 Å². The molecular weight excluding hydrogens is 348 g/mol. The van der Waals surface area contributed by atoms with Crippen LogP contribution in [0.25, 0.3) is 5.57 Å². The topological polar surface area (TPSA) is 43.8 Å². The first-order valence-electron chi connectivity index (χ1n) is 10.3. The predicted molar refractivity (Wildman–Crippen MR) is 112 cm³/mol. The monoisotopic (exact) mass is 374 g/mol. The Balaban J connectivity index is 1.58. The van der Waals surface area contributed by atoms with E-state index in [2.05, 4.69) is 31.2 Å². The SMILES string of the molecule is CCN1c2ccc(N3C(=O)CC[C@H]3c3ccccc3)cc2C(C2CC2)=CC1O. The Morgan fingerprint density at radius 2 is 1.86 bits per heavy atom. The molecule has 2 atom stereocenters. The summed E-state index contributed by atoms with van der Waals surface area (Å²) in [5.74, 6) is 0.732. The first kappa shape index (κ1) is 17.5. The van der Waals surface area contributed by atoms with Crippen LogP contribution in [0.5, 0.6) is 0 Å². The third-order valence-corrected chi connectivity index (χ3v) is 6.28. The zero-order valence-electron chi connectivity index (χ0n) is 16.2. The second kappa shape index (κ2) is 6.78. The van der Waals surface area contributed by atoms with E-state index >= 15 is 0 Å². The molecule has 1 saturated heterocycles. The quantitative estimate of drug-likeness (QED) is 0.856. The summed E-state index contributed by atoms with van der Waals surface area (Å²) in [5.41, 5.74) is 5.66. The van der Waals surface area contributed by atoms with Crippen molar-refractivity contribution in [3.8, 4) is 0 Å². The number of rotatable bonds is 4. The van der Waals surface area contributed by atoms with Gasteiger partial charge in [-0.25, -0.2) is 0 Å². The molecule has 2 fully saturated rings. The Morgan fingerprint density at radius 1 is 1.07 bits per heavy atom. The maximum absolute atomic E-state index is 12.8. The van der Waals surface area contributed by atoms with E-state index in [1.807, 2.05) is 40.1 Å². The highest BCUT2D eigenvalue weighted by Gasteiger charge is 2.36. The number of carbonyl (C=O) groups is 1. The van der Waals surface area contributed by atoms with Gasteiger partial charge in [0.05, 0.1) is 6.04 Å². The number of aliphatic hydroxyl groups is 1. The molecule has 5 rings (SSSR count). The number of allylic oxidation sites excluding steroid dienone is 1. The van der Waals surface area contributed by atoms with Gasteiger partial charge in [-0.1, -0.05) is 30.3 Å². The third-order valence-electron chi connectivity index (χ3n) is 6.28. The Hall–Kier alpha value is -2.59. The van der Waals surface area contributed by atoms with Crippen molar-refractivity contribution in [3.63, 3.8) is 0 Å². The van der Waals surface area contributed by atoms with E-state index in [1.54, 1.807) is 0 Å². The standard InChI is InChI=1S/C24H26N2O2/c1-2-25-22-11-10-18(14-20(22)19(15-24(25)28)16-8-9-16)26-21(12-13-23(26)27)17-6-4-3-5-7-17/h3-7,10-11,14-16,21,24,28H,2,8-9,12-13H2,1H3/t21-,24?/m0/s1. The van der Waals surface area contributed by atoms with Crippen LogP contribution in [0.2, 0.25) is 0 Å². The normalized spacial score (nSPS) is 24.4. The van der Waals surface area contributed by atoms with Crippen LogP contribution in [0, 0.1) is 5.92 Å². The lowest BCUT2D eigenvalue weighted by molar-refractivity contribution is -0.117. The highest BCUT2D eigenvalue weighted by molar-refractivity contribution is 5.98. The summed E-state index contributed by atoms with van der Waals surface area (Å²) in [7, 11) is 0. The fraction of sp³-hybridized carbons (Fsp3) is 0.375. The van der Waals surface area contributed by atoms with Crippen LogP contribution in [0.15, 0.2) is 54.6 Å². The van der Waals surface area contributed by atoms with Crippen molar-refractivity contribution in [3.05, 3.63) is 65.7 Å². The third kappa shape index (κ3) is 2.83. The molecule has 4 heteroatoms. The number of anilines is 2. The summed E-state index contributed by atoms with van der Waals surface area (Å²) in [6, 6.07) is 16.7. The van der Waals surface area contributed by atoms with Crippen molar-refractivity contribution in [2.45, 2.75) is 44.9 Å². The van der Waals surface area contributed by atoms with Crippen LogP contribution in [0.3, 0.4) is 0 Å². The van der Waals surface area contributed by atoms with Gasteiger partial charge in [-0.15, -0.1) is 0 Å². The molecule has 1 unspecified atom stereocenters.